The average molecular weight is 276 g/mol. The lowest BCUT2D eigenvalue weighted by Crippen LogP contribution is -2.27. The number of hydrogen-bond acceptors (Lipinski definition) is 4. The van der Waals surface area contributed by atoms with E-state index in [1.165, 1.54) is 16.8 Å². The molecule has 0 spiro atoms. The predicted octanol–water partition coefficient (Wildman–Crippen LogP) is 0.954. The molecule has 1 fully saturated rings. The van der Waals surface area contributed by atoms with Crippen molar-refractivity contribution in [3.63, 3.8) is 0 Å². The first-order valence-electron chi connectivity index (χ1n) is 5.36. The minimum atomic E-state index is -3.06. The van der Waals surface area contributed by atoms with Gasteiger partial charge in [-0.25, -0.2) is 17.7 Å². The van der Waals surface area contributed by atoms with Gasteiger partial charge in [0.25, 0.3) is 0 Å². The van der Waals surface area contributed by atoms with Crippen molar-refractivity contribution in [2.75, 3.05) is 19.3 Å². The van der Waals surface area contributed by atoms with E-state index in [0.717, 1.165) is 18.5 Å². The smallest absolute Gasteiger partial charge is 0.211 e. The molecule has 7 heteroatoms. The van der Waals surface area contributed by atoms with Crippen LogP contribution in [0.2, 0.25) is 5.15 Å². The second-order valence-corrected chi connectivity index (χ2v) is 6.68. The van der Waals surface area contributed by atoms with Gasteiger partial charge >= 0.3 is 0 Å². The maximum absolute atomic E-state index is 11.4. The quantitative estimate of drug-likeness (QED) is 0.824. The Hall–Kier alpha value is -0.720. The molecule has 17 heavy (non-hydrogen) atoms. The molecule has 0 saturated carbocycles. The normalized spacial score (nSPS) is 21.9. The van der Waals surface area contributed by atoms with Crippen molar-refractivity contribution in [1.82, 2.24) is 14.3 Å². The van der Waals surface area contributed by atoms with Gasteiger partial charge in [0.1, 0.15) is 5.15 Å². The Kier molecular flexibility index (Phi) is 3.65. The molecular formula is C10H14ClN3O2S. The van der Waals surface area contributed by atoms with Crippen LogP contribution in [0.5, 0.6) is 0 Å². The highest BCUT2D eigenvalue weighted by Gasteiger charge is 2.28. The second-order valence-electron chi connectivity index (χ2n) is 4.31. The number of nitrogens with zero attached hydrogens (tertiary/aromatic N) is 3. The lowest BCUT2D eigenvalue weighted by Gasteiger charge is -2.12. The Balaban J connectivity index is 1.99. The van der Waals surface area contributed by atoms with E-state index in [4.69, 9.17) is 11.6 Å². The van der Waals surface area contributed by atoms with Crippen LogP contribution in [-0.4, -0.2) is 42.0 Å². The number of sulfonamides is 1. The van der Waals surface area contributed by atoms with Crippen LogP contribution in [0.15, 0.2) is 12.4 Å². The van der Waals surface area contributed by atoms with Crippen molar-refractivity contribution >= 4 is 21.6 Å². The third-order valence-corrected chi connectivity index (χ3v) is 4.32. The van der Waals surface area contributed by atoms with Gasteiger partial charge in [0, 0.05) is 19.3 Å². The van der Waals surface area contributed by atoms with Gasteiger partial charge in [0.05, 0.1) is 18.1 Å². The average Bonchev–Trinajstić information content (AvgIpc) is 2.65. The summed E-state index contributed by atoms with van der Waals surface area (Å²) in [4.78, 5) is 8.13. The molecule has 0 radical (unpaired) electrons. The molecule has 1 aliphatic rings. The van der Waals surface area contributed by atoms with E-state index in [2.05, 4.69) is 9.97 Å². The lowest BCUT2D eigenvalue weighted by atomic mass is 10.0. The molecule has 1 unspecified atom stereocenters. The van der Waals surface area contributed by atoms with Crippen LogP contribution in [0.4, 0.5) is 0 Å². The highest BCUT2D eigenvalue weighted by molar-refractivity contribution is 7.88. The zero-order valence-corrected chi connectivity index (χ0v) is 11.1. The second kappa shape index (κ2) is 4.88. The maximum Gasteiger partial charge on any atom is 0.211 e. The zero-order valence-electron chi connectivity index (χ0n) is 9.50. The molecule has 1 aromatic rings. The Labute approximate surface area is 106 Å². The van der Waals surface area contributed by atoms with E-state index in [1.807, 2.05) is 0 Å². The van der Waals surface area contributed by atoms with Gasteiger partial charge in [-0.05, 0) is 18.8 Å². The molecule has 0 aromatic carbocycles. The van der Waals surface area contributed by atoms with Crippen molar-refractivity contribution in [2.24, 2.45) is 5.92 Å². The minimum absolute atomic E-state index is 0.303. The molecule has 1 saturated heterocycles. The minimum Gasteiger partial charge on any atom is -0.260 e. The molecule has 2 rings (SSSR count). The molecule has 2 heterocycles. The van der Waals surface area contributed by atoms with Gasteiger partial charge in [0.2, 0.25) is 10.0 Å². The number of halogens is 1. The maximum atomic E-state index is 11.4. The van der Waals surface area contributed by atoms with Crippen LogP contribution in [0.25, 0.3) is 0 Å². The molecule has 1 atom stereocenters. The van der Waals surface area contributed by atoms with Gasteiger partial charge in [0.15, 0.2) is 0 Å². The highest BCUT2D eigenvalue weighted by atomic mass is 35.5. The summed E-state index contributed by atoms with van der Waals surface area (Å²) in [6.07, 6.45) is 5.99. The van der Waals surface area contributed by atoms with Crippen LogP contribution in [-0.2, 0) is 16.4 Å². The largest absolute Gasteiger partial charge is 0.260 e. The van der Waals surface area contributed by atoms with E-state index < -0.39 is 10.0 Å². The molecule has 0 amide bonds. The zero-order chi connectivity index (χ0) is 12.5. The van der Waals surface area contributed by atoms with E-state index in [1.54, 1.807) is 6.20 Å². The molecule has 0 bridgehead atoms. The third-order valence-electron chi connectivity index (χ3n) is 2.87. The van der Waals surface area contributed by atoms with Gasteiger partial charge in [-0.2, -0.15) is 0 Å². The van der Waals surface area contributed by atoms with Crippen LogP contribution < -0.4 is 0 Å². The first-order chi connectivity index (χ1) is 7.95. The SMILES string of the molecule is CS(=O)(=O)N1CCC(Cc2cncc(Cl)n2)C1. The van der Waals surface area contributed by atoms with Crippen LogP contribution in [0.1, 0.15) is 12.1 Å². The monoisotopic (exact) mass is 275 g/mol. The van der Waals surface area contributed by atoms with E-state index >= 15 is 0 Å². The summed E-state index contributed by atoms with van der Waals surface area (Å²) in [6, 6.07) is 0. The van der Waals surface area contributed by atoms with Crippen LogP contribution in [0.3, 0.4) is 0 Å². The number of rotatable bonds is 3. The molecule has 94 valence electrons. The predicted molar refractivity (Wildman–Crippen MR) is 65.3 cm³/mol. The molecular weight excluding hydrogens is 262 g/mol. The summed E-state index contributed by atoms with van der Waals surface area (Å²) >= 11 is 5.75. The fourth-order valence-corrected chi connectivity index (χ4v) is 3.12. The van der Waals surface area contributed by atoms with Gasteiger partial charge in [-0.3, -0.25) is 4.98 Å². The van der Waals surface area contributed by atoms with Gasteiger partial charge in [-0.1, -0.05) is 11.6 Å². The lowest BCUT2D eigenvalue weighted by molar-refractivity contribution is 0.459. The van der Waals surface area contributed by atoms with Gasteiger partial charge < -0.3 is 0 Å². The van der Waals surface area contributed by atoms with Crippen LogP contribution >= 0.6 is 11.6 Å². The van der Waals surface area contributed by atoms with E-state index in [0.29, 0.717) is 24.2 Å². The summed E-state index contributed by atoms with van der Waals surface area (Å²) in [7, 11) is -3.06. The Morgan fingerprint density at radius 2 is 2.29 bits per heavy atom. The summed E-state index contributed by atoms with van der Waals surface area (Å²) in [6.45, 7) is 1.16. The Morgan fingerprint density at radius 3 is 2.88 bits per heavy atom. The molecule has 5 nitrogen and oxygen atoms in total. The van der Waals surface area contributed by atoms with Crippen molar-refractivity contribution in [1.29, 1.82) is 0 Å². The standard InChI is InChI=1S/C10H14ClN3O2S/c1-17(15,16)14-3-2-8(7-14)4-9-5-12-6-10(11)13-9/h5-6,8H,2-4,7H2,1H3. The molecule has 0 aliphatic carbocycles. The first kappa shape index (κ1) is 12.7. The number of aromatic nitrogens is 2. The molecule has 1 aromatic heterocycles. The third kappa shape index (κ3) is 3.37. The summed E-state index contributed by atoms with van der Waals surface area (Å²) in [5, 5.41) is 0.375. The Morgan fingerprint density at radius 1 is 1.53 bits per heavy atom. The fourth-order valence-electron chi connectivity index (χ4n) is 2.04. The Bertz CT molecular complexity index is 506. The number of hydrogen-bond donors (Lipinski definition) is 0. The van der Waals surface area contributed by atoms with Crippen molar-refractivity contribution in [3.05, 3.63) is 23.2 Å². The van der Waals surface area contributed by atoms with E-state index in [-0.39, 0.29) is 0 Å². The first-order valence-corrected chi connectivity index (χ1v) is 7.59. The highest BCUT2D eigenvalue weighted by Crippen LogP contribution is 2.22. The summed E-state index contributed by atoms with van der Waals surface area (Å²) in [5.74, 6) is 0.303. The van der Waals surface area contributed by atoms with Crippen LogP contribution in [0, 0.1) is 5.92 Å². The fraction of sp³-hybridized carbons (Fsp3) is 0.600. The van der Waals surface area contributed by atoms with Gasteiger partial charge in [-0.15, -0.1) is 0 Å². The topological polar surface area (TPSA) is 63.2 Å². The molecule has 0 N–H and O–H groups in total. The summed E-state index contributed by atoms with van der Waals surface area (Å²) < 4.78 is 24.2. The molecule has 1 aliphatic heterocycles. The van der Waals surface area contributed by atoms with Crippen molar-refractivity contribution in [2.45, 2.75) is 12.8 Å². The summed E-state index contributed by atoms with van der Waals surface area (Å²) in [5.41, 5.74) is 0.817. The van der Waals surface area contributed by atoms with Crippen molar-refractivity contribution in [3.8, 4) is 0 Å². The van der Waals surface area contributed by atoms with E-state index in [9.17, 15) is 8.42 Å². The van der Waals surface area contributed by atoms with Crippen molar-refractivity contribution < 1.29 is 8.42 Å².